The summed E-state index contributed by atoms with van der Waals surface area (Å²) in [5, 5.41) is 10.6. The molecule has 0 spiro atoms. The predicted octanol–water partition coefficient (Wildman–Crippen LogP) is 2.37. The Morgan fingerprint density at radius 1 is 1.56 bits per heavy atom. The van der Waals surface area contributed by atoms with Crippen LogP contribution in [0, 0.1) is 16.7 Å². The first kappa shape index (κ1) is 13.6. The molecule has 2 fully saturated rings. The van der Waals surface area contributed by atoms with Crippen LogP contribution >= 0.6 is 15.9 Å². The number of ether oxygens (including phenoxy) is 1. The molecule has 2 saturated carbocycles. The second-order valence-corrected chi connectivity index (χ2v) is 6.12. The smallest absolute Gasteiger partial charge is 0.373 e. The van der Waals surface area contributed by atoms with Crippen molar-refractivity contribution in [3.05, 3.63) is 11.3 Å². The quantitative estimate of drug-likeness (QED) is 0.368. The molecule has 2 aliphatic carbocycles. The van der Waals surface area contributed by atoms with E-state index in [1.807, 2.05) is 13.8 Å². The zero-order valence-corrected chi connectivity index (χ0v) is 12.3. The Kier molecular flexibility index (Phi) is 3.08. The molecule has 0 radical (unpaired) electrons. The van der Waals surface area contributed by atoms with Crippen LogP contribution in [-0.2, 0) is 14.3 Å². The van der Waals surface area contributed by atoms with E-state index in [0.29, 0.717) is 5.33 Å². The minimum absolute atomic E-state index is 0.0755. The zero-order chi connectivity index (χ0) is 13.7. The minimum atomic E-state index is -0.827. The van der Waals surface area contributed by atoms with E-state index in [0.717, 1.165) is 12.8 Å². The number of aliphatic hydroxyl groups excluding tert-OH is 1. The molecule has 4 nitrogen and oxygen atoms in total. The number of rotatable bonds is 2. The van der Waals surface area contributed by atoms with Gasteiger partial charge in [0.1, 0.15) is 0 Å². The van der Waals surface area contributed by atoms with Crippen LogP contribution in [0.3, 0.4) is 0 Å². The molecule has 0 amide bonds. The lowest BCUT2D eigenvalue weighted by molar-refractivity contribution is -0.139. The van der Waals surface area contributed by atoms with Gasteiger partial charge in [0.15, 0.2) is 5.78 Å². The standard InChI is InChI=1S/C13H17BrO4/c1-12-5-4-7(13(12,2)6-14)8(10(12)16)9(15)11(17)18-3/h7,15H,4-6H2,1-3H3/b9-8-/t7-,12+,13-/m0/s1. The number of allylic oxidation sites excluding steroid dienone is 1. The third-order valence-corrected chi connectivity index (χ3v) is 6.13. The number of ketones is 1. The highest BCUT2D eigenvalue weighted by Crippen LogP contribution is 2.66. The molecule has 0 heterocycles. The highest BCUT2D eigenvalue weighted by molar-refractivity contribution is 9.09. The van der Waals surface area contributed by atoms with E-state index in [1.54, 1.807) is 0 Å². The van der Waals surface area contributed by atoms with Gasteiger partial charge in [-0.3, -0.25) is 4.79 Å². The number of methoxy groups -OCH3 is 1. The van der Waals surface area contributed by atoms with Gasteiger partial charge in [-0.2, -0.15) is 0 Å². The first-order valence-corrected chi connectivity index (χ1v) is 7.08. The van der Waals surface area contributed by atoms with Crippen LogP contribution in [-0.4, -0.2) is 29.3 Å². The highest BCUT2D eigenvalue weighted by atomic mass is 79.9. The van der Waals surface area contributed by atoms with E-state index in [1.165, 1.54) is 7.11 Å². The van der Waals surface area contributed by atoms with Crippen LogP contribution in [0.15, 0.2) is 11.3 Å². The van der Waals surface area contributed by atoms with Gasteiger partial charge in [0.05, 0.1) is 7.11 Å². The van der Waals surface area contributed by atoms with Crippen molar-refractivity contribution in [3.63, 3.8) is 0 Å². The second kappa shape index (κ2) is 4.08. The molecule has 2 rings (SSSR count). The summed E-state index contributed by atoms with van der Waals surface area (Å²) in [6, 6.07) is 0. The van der Waals surface area contributed by atoms with Crippen molar-refractivity contribution >= 4 is 27.7 Å². The maximum atomic E-state index is 12.5. The monoisotopic (exact) mass is 316 g/mol. The van der Waals surface area contributed by atoms with Crippen LogP contribution in [0.2, 0.25) is 0 Å². The van der Waals surface area contributed by atoms with Crippen molar-refractivity contribution in [2.24, 2.45) is 16.7 Å². The number of hydrogen-bond donors (Lipinski definition) is 1. The van der Waals surface area contributed by atoms with Crippen molar-refractivity contribution in [2.75, 3.05) is 12.4 Å². The zero-order valence-electron chi connectivity index (χ0n) is 10.7. The van der Waals surface area contributed by atoms with Crippen molar-refractivity contribution in [1.29, 1.82) is 0 Å². The molecule has 0 aromatic carbocycles. The summed E-state index contributed by atoms with van der Waals surface area (Å²) in [6.45, 7) is 3.96. The van der Waals surface area contributed by atoms with Gasteiger partial charge in [0.25, 0.3) is 0 Å². The summed E-state index contributed by atoms with van der Waals surface area (Å²) >= 11 is 3.47. The van der Waals surface area contributed by atoms with Crippen molar-refractivity contribution in [1.82, 2.24) is 0 Å². The molecule has 0 aromatic rings. The summed E-state index contributed by atoms with van der Waals surface area (Å²) in [6.07, 6.45) is 1.62. The molecule has 0 aliphatic heterocycles. The van der Waals surface area contributed by atoms with Crippen LogP contribution in [0.25, 0.3) is 0 Å². The molecular weight excluding hydrogens is 300 g/mol. The van der Waals surface area contributed by atoms with Gasteiger partial charge in [0.2, 0.25) is 5.76 Å². The topological polar surface area (TPSA) is 63.6 Å². The molecule has 1 N–H and O–H groups in total. The second-order valence-electron chi connectivity index (χ2n) is 5.56. The number of aliphatic hydroxyl groups is 1. The molecule has 2 aliphatic rings. The first-order valence-electron chi connectivity index (χ1n) is 5.95. The lowest BCUT2D eigenvalue weighted by atomic mass is 9.70. The summed E-state index contributed by atoms with van der Waals surface area (Å²) in [5.74, 6) is -1.52. The Morgan fingerprint density at radius 2 is 2.17 bits per heavy atom. The van der Waals surface area contributed by atoms with Crippen LogP contribution in [0.1, 0.15) is 26.7 Å². The Bertz CT molecular complexity index is 456. The number of Topliss-reactive ketones (excluding diaryl/α,β-unsaturated/α-hetero) is 1. The van der Waals surface area contributed by atoms with E-state index < -0.39 is 17.1 Å². The van der Waals surface area contributed by atoms with Gasteiger partial charge < -0.3 is 9.84 Å². The maximum absolute atomic E-state index is 12.5. The Balaban J connectivity index is 2.57. The fourth-order valence-electron chi connectivity index (χ4n) is 3.43. The van der Waals surface area contributed by atoms with Crippen molar-refractivity contribution < 1.29 is 19.4 Å². The average molecular weight is 317 g/mol. The average Bonchev–Trinajstić information content (AvgIpc) is 2.71. The van der Waals surface area contributed by atoms with Crippen LogP contribution in [0.5, 0.6) is 0 Å². The summed E-state index contributed by atoms with van der Waals surface area (Å²) in [7, 11) is 1.20. The number of alkyl halides is 1. The van der Waals surface area contributed by atoms with Gasteiger partial charge in [-0.1, -0.05) is 29.8 Å². The molecule has 2 bridgehead atoms. The molecule has 0 saturated heterocycles. The third-order valence-electron chi connectivity index (χ3n) is 4.97. The Labute approximate surface area is 115 Å². The molecule has 0 unspecified atom stereocenters. The Hall–Kier alpha value is -0.840. The van der Waals surface area contributed by atoms with Crippen LogP contribution in [0.4, 0.5) is 0 Å². The molecule has 0 aromatic heterocycles. The van der Waals surface area contributed by atoms with Gasteiger partial charge in [-0.25, -0.2) is 4.79 Å². The molecule has 18 heavy (non-hydrogen) atoms. The Morgan fingerprint density at radius 3 is 2.61 bits per heavy atom. The summed E-state index contributed by atoms with van der Waals surface area (Å²) in [4.78, 5) is 23.9. The van der Waals surface area contributed by atoms with Gasteiger partial charge in [-0.15, -0.1) is 0 Å². The molecule has 5 heteroatoms. The van der Waals surface area contributed by atoms with E-state index in [4.69, 9.17) is 0 Å². The molecule has 100 valence electrons. The van der Waals surface area contributed by atoms with Crippen molar-refractivity contribution in [2.45, 2.75) is 26.7 Å². The number of carbonyl (C=O) groups is 2. The number of fused-ring (bicyclic) bond motifs is 2. The number of hydrogen-bond acceptors (Lipinski definition) is 4. The summed E-state index contributed by atoms with van der Waals surface area (Å²) < 4.78 is 4.50. The number of esters is 1. The summed E-state index contributed by atoms with van der Waals surface area (Å²) in [5.41, 5.74) is -0.488. The first-order chi connectivity index (χ1) is 8.33. The van der Waals surface area contributed by atoms with Crippen molar-refractivity contribution in [3.8, 4) is 0 Å². The predicted molar refractivity (Wildman–Crippen MR) is 69.4 cm³/mol. The van der Waals surface area contributed by atoms with E-state index >= 15 is 0 Å². The fourth-order valence-corrected chi connectivity index (χ4v) is 4.44. The fraction of sp³-hybridized carbons (Fsp3) is 0.692. The van der Waals surface area contributed by atoms with Gasteiger partial charge in [0, 0.05) is 16.3 Å². The lowest BCUT2D eigenvalue weighted by Gasteiger charge is -2.34. The SMILES string of the molecule is COC(=O)/C(O)=C1/C(=O)[C@@]2(C)CC[C@@H]1[C@]2(C)CBr. The van der Waals surface area contributed by atoms with Crippen LogP contribution < -0.4 is 0 Å². The largest absolute Gasteiger partial charge is 0.502 e. The number of halogens is 1. The minimum Gasteiger partial charge on any atom is -0.502 e. The lowest BCUT2D eigenvalue weighted by Crippen LogP contribution is -2.36. The third kappa shape index (κ3) is 1.37. The molecular formula is C13H17BrO4. The maximum Gasteiger partial charge on any atom is 0.373 e. The van der Waals surface area contributed by atoms with E-state index in [2.05, 4.69) is 20.7 Å². The highest BCUT2D eigenvalue weighted by Gasteiger charge is 2.67. The van der Waals surface area contributed by atoms with E-state index in [9.17, 15) is 14.7 Å². The molecule has 3 atom stereocenters. The normalized spacial score (nSPS) is 41.1. The van der Waals surface area contributed by atoms with Gasteiger partial charge >= 0.3 is 5.97 Å². The van der Waals surface area contributed by atoms with E-state index in [-0.39, 0.29) is 22.7 Å². The van der Waals surface area contributed by atoms with Gasteiger partial charge in [-0.05, 0) is 24.2 Å². The number of carbonyl (C=O) groups excluding carboxylic acids is 2.